The summed E-state index contributed by atoms with van der Waals surface area (Å²) >= 11 is 0. The summed E-state index contributed by atoms with van der Waals surface area (Å²) in [6, 6.07) is 79.9. The molecular weight excluding hydrogens is 701 g/mol. The van der Waals surface area contributed by atoms with Gasteiger partial charge in [0.05, 0.1) is 22.1 Å². The van der Waals surface area contributed by atoms with Gasteiger partial charge in [-0.25, -0.2) is 0 Å². The molecular formula is C56H36N2. The van der Waals surface area contributed by atoms with E-state index in [1.165, 1.54) is 98.5 Å². The van der Waals surface area contributed by atoms with Crippen molar-refractivity contribution in [2.45, 2.75) is 0 Å². The number of fused-ring (bicyclic) bond motifs is 8. The molecule has 58 heavy (non-hydrogen) atoms. The quantitative estimate of drug-likeness (QED) is 0.156. The maximum atomic E-state index is 2.43. The van der Waals surface area contributed by atoms with Crippen LogP contribution in [0.1, 0.15) is 0 Å². The summed E-state index contributed by atoms with van der Waals surface area (Å²) in [6.07, 6.45) is 0. The summed E-state index contributed by atoms with van der Waals surface area (Å²) in [7, 11) is 0. The third-order valence-corrected chi connectivity index (χ3v) is 12.1. The molecule has 0 saturated carbocycles. The highest BCUT2D eigenvalue weighted by Crippen LogP contribution is 2.45. The van der Waals surface area contributed by atoms with Gasteiger partial charge in [0.15, 0.2) is 0 Å². The molecule has 0 aliphatic rings. The summed E-state index contributed by atoms with van der Waals surface area (Å²) in [5.41, 5.74) is 14.6. The Morgan fingerprint density at radius 1 is 0.241 bits per heavy atom. The fourth-order valence-electron chi connectivity index (χ4n) is 9.65. The average Bonchev–Trinajstić information content (AvgIpc) is 3.82. The van der Waals surface area contributed by atoms with E-state index < -0.39 is 0 Å². The summed E-state index contributed by atoms with van der Waals surface area (Å²) in [5.74, 6) is 0. The lowest BCUT2D eigenvalue weighted by Crippen LogP contribution is -1.95. The summed E-state index contributed by atoms with van der Waals surface area (Å²) in [6.45, 7) is 0. The predicted molar refractivity (Wildman–Crippen MR) is 246 cm³/mol. The molecule has 0 unspecified atom stereocenters. The standard InChI is InChI=1S/C56H36N2/c1-3-16-37(17-4-1)54-45-22-7-9-24-47(45)55(48-25-10-8-23-46(48)54)38-30-33-41(34-31-38)57-51-28-13-12-21-44(51)50-36-39(32-35-53(50)57)42-26-15-27-49-43-20-11-14-29-52(43)58(56(42)49)40-18-5-2-6-19-40/h1-36H. The fraction of sp³-hybridized carbons (Fsp3) is 0. The van der Waals surface area contributed by atoms with E-state index in [1.807, 2.05) is 0 Å². The second kappa shape index (κ2) is 12.9. The molecule has 0 bridgehead atoms. The van der Waals surface area contributed by atoms with E-state index in [1.54, 1.807) is 0 Å². The van der Waals surface area contributed by atoms with E-state index >= 15 is 0 Å². The average molecular weight is 737 g/mol. The van der Waals surface area contributed by atoms with Gasteiger partial charge in [-0.15, -0.1) is 0 Å². The molecule has 2 nitrogen and oxygen atoms in total. The first kappa shape index (κ1) is 32.6. The summed E-state index contributed by atoms with van der Waals surface area (Å²) < 4.78 is 4.85. The highest BCUT2D eigenvalue weighted by Gasteiger charge is 2.20. The first-order valence-corrected chi connectivity index (χ1v) is 20.0. The number of hydrogen-bond donors (Lipinski definition) is 0. The smallest absolute Gasteiger partial charge is 0.0619 e. The molecule has 2 heteroatoms. The van der Waals surface area contributed by atoms with E-state index in [-0.39, 0.29) is 0 Å². The molecule has 0 N–H and O–H groups in total. The van der Waals surface area contributed by atoms with Crippen molar-refractivity contribution in [3.8, 4) is 44.8 Å². The zero-order chi connectivity index (χ0) is 38.2. The Labute approximate surface area is 336 Å². The molecule has 0 spiro atoms. The van der Waals surface area contributed by atoms with Crippen LogP contribution in [0.5, 0.6) is 0 Å². The minimum atomic E-state index is 1.14. The van der Waals surface area contributed by atoms with E-state index in [9.17, 15) is 0 Å². The van der Waals surface area contributed by atoms with Crippen LogP contribution >= 0.6 is 0 Å². The normalized spacial score (nSPS) is 11.8. The molecule has 0 fully saturated rings. The molecule has 0 amide bonds. The molecule has 10 aromatic carbocycles. The second-order valence-corrected chi connectivity index (χ2v) is 15.2. The lowest BCUT2D eigenvalue weighted by Gasteiger charge is -2.18. The predicted octanol–water partition coefficient (Wildman–Crippen LogP) is 15.2. The number of hydrogen-bond acceptors (Lipinski definition) is 0. The SMILES string of the molecule is c1ccc(-c2c3ccccc3c(-c3ccc(-n4c5ccccc5c5cc(-c6cccc7c8ccccc8n(-c8ccccc8)c67)ccc54)cc3)c3ccccc23)cc1. The third kappa shape index (κ3) is 4.85. The van der Waals surface area contributed by atoms with Crippen molar-refractivity contribution in [3.63, 3.8) is 0 Å². The van der Waals surface area contributed by atoms with Gasteiger partial charge in [0.25, 0.3) is 0 Å². The molecule has 12 aromatic rings. The lowest BCUT2D eigenvalue weighted by molar-refractivity contribution is 1.18. The minimum absolute atomic E-state index is 1.14. The van der Waals surface area contributed by atoms with Crippen LogP contribution in [0.25, 0.3) is 110 Å². The fourth-order valence-corrected chi connectivity index (χ4v) is 9.65. The van der Waals surface area contributed by atoms with Crippen LogP contribution in [0.2, 0.25) is 0 Å². The van der Waals surface area contributed by atoms with Gasteiger partial charge in [-0.05, 0) is 97.9 Å². The van der Waals surface area contributed by atoms with Crippen LogP contribution in [0, 0.1) is 0 Å². The molecule has 12 rings (SSSR count). The maximum Gasteiger partial charge on any atom is 0.0619 e. The van der Waals surface area contributed by atoms with Gasteiger partial charge in [-0.3, -0.25) is 0 Å². The topological polar surface area (TPSA) is 9.86 Å². The lowest BCUT2D eigenvalue weighted by atomic mass is 9.86. The first-order chi connectivity index (χ1) is 28.8. The van der Waals surface area contributed by atoms with Crippen LogP contribution in [-0.4, -0.2) is 9.13 Å². The monoisotopic (exact) mass is 736 g/mol. The van der Waals surface area contributed by atoms with E-state index in [0.717, 1.165) is 11.4 Å². The third-order valence-electron chi connectivity index (χ3n) is 12.1. The minimum Gasteiger partial charge on any atom is -0.309 e. The van der Waals surface area contributed by atoms with Gasteiger partial charge in [-0.2, -0.15) is 0 Å². The van der Waals surface area contributed by atoms with Gasteiger partial charge in [-0.1, -0.05) is 170 Å². The summed E-state index contributed by atoms with van der Waals surface area (Å²) in [4.78, 5) is 0. The van der Waals surface area contributed by atoms with Crippen molar-refractivity contribution in [1.29, 1.82) is 0 Å². The molecule has 0 aliphatic carbocycles. The van der Waals surface area contributed by atoms with Crippen molar-refractivity contribution in [3.05, 3.63) is 218 Å². The highest BCUT2D eigenvalue weighted by molar-refractivity contribution is 6.21. The molecule has 270 valence electrons. The zero-order valence-corrected chi connectivity index (χ0v) is 31.7. The maximum absolute atomic E-state index is 2.43. The van der Waals surface area contributed by atoms with E-state index in [0.29, 0.717) is 0 Å². The molecule has 0 radical (unpaired) electrons. The van der Waals surface area contributed by atoms with Gasteiger partial charge >= 0.3 is 0 Å². The van der Waals surface area contributed by atoms with Gasteiger partial charge in [0, 0.05) is 38.5 Å². The van der Waals surface area contributed by atoms with Gasteiger partial charge < -0.3 is 9.13 Å². The first-order valence-electron chi connectivity index (χ1n) is 20.0. The Morgan fingerprint density at radius 2 is 0.672 bits per heavy atom. The Hall–Kier alpha value is -7.68. The van der Waals surface area contributed by atoms with E-state index in [2.05, 4.69) is 228 Å². The Bertz CT molecular complexity index is 3480. The number of benzene rings is 10. The van der Waals surface area contributed by atoms with Crippen LogP contribution in [0.3, 0.4) is 0 Å². The molecule has 2 aromatic heterocycles. The van der Waals surface area contributed by atoms with Gasteiger partial charge in [0.2, 0.25) is 0 Å². The molecule has 2 heterocycles. The molecule has 0 aliphatic heterocycles. The van der Waals surface area contributed by atoms with Gasteiger partial charge in [0.1, 0.15) is 0 Å². The van der Waals surface area contributed by atoms with Crippen molar-refractivity contribution < 1.29 is 0 Å². The van der Waals surface area contributed by atoms with Crippen molar-refractivity contribution >= 4 is 65.2 Å². The van der Waals surface area contributed by atoms with Crippen LogP contribution in [-0.2, 0) is 0 Å². The van der Waals surface area contributed by atoms with E-state index in [4.69, 9.17) is 0 Å². The zero-order valence-electron chi connectivity index (χ0n) is 31.7. The molecule has 0 saturated heterocycles. The summed E-state index contributed by atoms with van der Waals surface area (Å²) in [5, 5.41) is 10.1. The largest absolute Gasteiger partial charge is 0.309 e. The van der Waals surface area contributed by atoms with Crippen LogP contribution < -0.4 is 0 Å². The van der Waals surface area contributed by atoms with Crippen molar-refractivity contribution in [1.82, 2.24) is 9.13 Å². The number of para-hydroxylation sites is 4. The Balaban J connectivity index is 1.03. The van der Waals surface area contributed by atoms with Crippen LogP contribution in [0.15, 0.2) is 218 Å². The van der Waals surface area contributed by atoms with Crippen molar-refractivity contribution in [2.24, 2.45) is 0 Å². The highest BCUT2D eigenvalue weighted by atomic mass is 15.0. The Morgan fingerprint density at radius 3 is 1.29 bits per heavy atom. The second-order valence-electron chi connectivity index (χ2n) is 15.2. The van der Waals surface area contributed by atoms with Crippen LogP contribution in [0.4, 0.5) is 0 Å². The number of rotatable bonds is 5. The number of aromatic nitrogens is 2. The Kier molecular flexibility index (Phi) is 7.26. The van der Waals surface area contributed by atoms with Crippen molar-refractivity contribution in [2.75, 3.05) is 0 Å². The molecule has 0 atom stereocenters. The number of nitrogens with zero attached hydrogens (tertiary/aromatic N) is 2.